The highest BCUT2D eigenvalue weighted by Gasteiger charge is 2.50. The highest BCUT2D eigenvalue weighted by Crippen LogP contribution is 2.43. The molecule has 5 rings (SSSR count). The molecule has 194 valence electrons. The summed E-state index contributed by atoms with van der Waals surface area (Å²) in [6.45, 7) is 6.62. The van der Waals surface area contributed by atoms with Gasteiger partial charge in [0.2, 0.25) is 17.7 Å². The van der Waals surface area contributed by atoms with Gasteiger partial charge in [0.05, 0.1) is 30.0 Å². The third-order valence-corrected chi connectivity index (χ3v) is 7.73. The number of amides is 3. The lowest BCUT2D eigenvalue weighted by Crippen LogP contribution is -2.31. The lowest BCUT2D eigenvalue weighted by atomic mass is 9.76. The van der Waals surface area contributed by atoms with Crippen molar-refractivity contribution in [2.75, 3.05) is 23.0 Å². The average molecular weight is 505 g/mol. The molecule has 3 amide bonds. The topological polar surface area (TPSA) is 93.2 Å². The first-order chi connectivity index (χ1) is 17.8. The van der Waals surface area contributed by atoms with Crippen LogP contribution in [0.3, 0.4) is 0 Å². The number of nitrogens with zero attached hydrogens (tertiary/aromatic N) is 2. The van der Waals surface area contributed by atoms with Gasteiger partial charge in [0, 0.05) is 18.7 Å². The second kappa shape index (κ2) is 10.00. The first-order valence-corrected chi connectivity index (χ1v) is 13.0. The lowest BCUT2D eigenvalue weighted by molar-refractivity contribution is -0.139. The van der Waals surface area contributed by atoms with Gasteiger partial charge >= 0.3 is 5.97 Å². The number of hydrogen-bond acceptors (Lipinski definition) is 6. The quantitative estimate of drug-likeness (QED) is 0.331. The number of aryl methyl sites for hydroxylation is 1. The molecule has 0 aromatic heterocycles. The summed E-state index contributed by atoms with van der Waals surface area (Å²) in [7, 11) is 0. The summed E-state index contributed by atoms with van der Waals surface area (Å²) in [5, 5.41) is 0. The molecule has 37 heavy (non-hydrogen) atoms. The number of anilines is 2. The van der Waals surface area contributed by atoms with E-state index in [1.807, 2.05) is 6.92 Å². The number of carbonyl (C=O) groups excluding carboxylic acids is 4. The fourth-order valence-corrected chi connectivity index (χ4v) is 5.77. The molecule has 1 aliphatic carbocycles. The van der Waals surface area contributed by atoms with Crippen LogP contribution in [0.15, 0.2) is 42.5 Å². The molecule has 2 aromatic carbocycles. The highest BCUT2D eigenvalue weighted by molar-refractivity contribution is 6.22. The number of carbonyl (C=O) groups is 4. The van der Waals surface area contributed by atoms with Crippen molar-refractivity contribution >= 4 is 35.1 Å². The Morgan fingerprint density at radius 2 is 1.68 bits per heavy atom. The van der Waals surface area contributed by atoms with Gasteiger partial charge in [-0.25, -0.2) is 4.90 Å². The standard InChI is InChI=1S/C29H32N2O6/c1-4-36-21-8-6-20(7-9-21)30-16-19(15-26(30)32)29(35)37-22-10-12-25(18(3)14-22)31-27(33)23-11-5-17(2)13-24(23)28(31)34/h6-10,12,14,17,19,23-24H,4-5,11,13,15-16H2,1-3H3/t17-,19+,23+,24-/m0/s1. The number of benzene rings is 2. The van der Waals surface area contributed by atoms with E-state index in [0.29, 0.717) is 35.2 Å². The first-order valence-electron chi connectivity index (χ1n) is 13.0. The molecule has 2 saturated heterocycles. The minimum atomic E-state index is -0.592. The molecule has 2 aliphatic heterocycles. The Bertz CT molecular complexity index is 1240. The van der Waals surface area contributed by atoms with Gasteiger partial charge < -0.3 is 14.4 Å². The Morgan fingerprint density at radius 1 is 0.973 bits per heavy atom. The Balaban J connectivity index is 1.25. The maximum absolute atomic E-state index is 13.1. The van der Waals surface area contributed by atoms with Gasteiger partial charge in [-0.05, 0) is 87.1 Å². The summed E-state index contributed by atoms with van der Waals surface area (Å²) < 4.78 is 11.1. The van der Waals surface area contributed by atoms with E-state index in [0.717, 1.165) is 25.0 Å². The summed E-state index contributed by atoms with van der Waals surface area (Å²) in [4.78, 5) is 54.5. The molecule has 3 aliphatic rings. The molecule has 4 atom stereocenters. The summed E-state index contributed by atoms with van der Waals surface area (Å²) in [5.41, 5.74) is 1.92. The maximum atomic E-state index is 13.1. The Morgan fingerprint density at radius 3 is 2.38 bits per heavy atom. The second-order valence-electron chi connectivity index (χ2n) is 10.3. The van der Waals surface area contributed by atoms with Crippen LogP contribution in [-0.4, -0.2) is 36.8 Å². The van der Waals surface area contributed by atoms with Crippen molar-refractivity contribution < 1.29 is 28.7 Å². The number of rotatable bonds is 6. The summed E-state index contributed by atoms with van der Waals surface area (Å²) >= 11 is 0. The third-order valence-electron chi connectivity index (χ3n) is 7.73. The molecule has 0 bridgehead atoms. The van der Waals surface area contributed by atoms with Crippen molar-refractivity contribution in [3.8, 4) is 11.5 Å². The minimum absolute atomic E-state index is 0.0705. The van der Waals surface area contributed by atoms with Crippen molar-refractivity contribution in [1.29, 1.82) is 0 Å². The van der Waals surface area contributed by atoms with Gasteiger partial charge in [-0.2, -0.15) is 0 Å². The monoisotopic (exact) mass is 504 g/mol. The van der Waals surface area contributed by atoms with Crippen LogP contribution in [0.2, 0.25) is 0 Å². The Hall–Kier alpha value is -3.68. The Kier molecular flexibility index (Phi) is 6.75. The molecule has 2 heterocycles. The zero-order valence-electron chi connectivity index (χ0n) is 21.4. The van der Waals surface area contributed by atoms with Crippen LogP contribution in [0.4, 0.5) is 11.4 Å². The van der Waals surface area contributed by atoms with Crippen molar-refractivity contribution in [3.63, 3.8) is 0 Å². The Labute approximate surface area is 216 Å². The fourth-order valence-electron chi connectivity index (χ4n) is 5.77. The van der Waals surface area contributed by atoms with E-state index in [2.05, 4.69) is 6.92 Å². The molecule has 8 heteroatoms. The SMILES string of the molecule is CCOc1ccc(N2C[C@H](C(=O)Oc3ccc(N4C(=O)[C@H]5C[C@@H](C)CC[C@H]5C4=O)c(C)c3)CC2=O)cc1. The third kappa shape index (κ3) is 4.72. The predicted molar refractivity (Wildman–Crippen MR) is 137 cm³/mol. The summed E-state index contributed by atoms with van der Waals surface area (Å²) in [6, 6.07) is 12.1. The predicted octanol–water partition coefficient (Wildman–Crippen LogP) is 4.28. The minimum Gasteiger partial charge on any atom is -0.494 e. The van der Waals surface area contributed by atoms with Crippen LogP contribution in [0, 0.1) is 30.6 Å². The van der Waals surface area contributed by atoms with E-state index in [9.17, 15) is 19.2 Å². The zero-order chi connectivity index (χ0) is 26.3. The van der Waals surface area contributed by atoms with Crippen molar-refractivity contribution in [2.45, 2.75) is 46.5 Å². The molecule has 0 N–H and O–H groups in total. The van der Waals surface area contributed by atoms with E-state index < -0.39 is 11.9 Å². The van der Waals surface area contributed by atoms with Gasteiger partial charge in [-0.3, -0.25) is 19.2 Å². The average Bonchev–Trinajstić information content (AvgIpc) is 3.37. The second-order valence-corrected chi connectivity index (χ2v) is 10.3. The molecular formula is C29H32N2O6. The largest absolute Gasteiger partial charge is 0.494 e. The molecule has 8 nitrogen and oxygen atoms in total. The van der Waals surface area contributed by atoms with Crippen LogP contribution in [0.5, 0.6) is 11.5 Å². The molecular weight excluding hydrogens is 472 g/mol. The molecule has 0 unspecified atom stereocenters. The molecule has 1 saturated carbocycles. The molecule has 0 radical (unpaired) electrons. The number of fused-ring (bicyclic) bond motifs is 1. The first kappa shape index (κ1) is 25.0. The van der Waals surface area contributed by atoms with Crippen LogP contribution in [0.1, 0.15) is 45.1 Å². The van der Waals surface area contributed by atoms with Gasteiger partial charge in [-0.15, -0.1) is 0 Å². The van der Waals surface area contributed by atoms with Gasteiger partial charge in [0.25, 0.3) is 0 Å². The number of imide groups is 1. The van der Waals surface area contributed by atoms with Crippen LogP contribution < -0.4 is 19.3 Å². The van der Waals surface area contributed by atoms with Gasteiger partial charge in [0.1, 0.15) is 11.5 Å². The van der Waals surface area contributed by atoms with Crippen molar-refractivity contribution in [2.24, 2.45) is 23.7 Å². The van der Waals surface area contributed by atoms with Crippen LogP contribution in [-0.2, 0) is 19.2 Å². The van der Waals surface area contributed by atoms with E-state index in [4.69, 9.17) is 9.47 Å². The molecule has 0 spiro atoms. The fraction of sp³-hybridized carbons (Fsp3) is 0.448. The van der Waals surface area contributed by atoms with E-state index in [1.54, 1.807) is 54.3 Å². The van der Waals surface area contributed by atoms with Crippen molar-refractivity contribution in [3.05, 3.63) is 48.0 Å². The van der Waals surface area contributed by atoms with Crippen LogP contribution in [0.25, 0.3) is 0 Å². The number of esters is 1. The van der Waals surface area contributed by atoms with Crippen LogP contribution >= 0.6 is 0 Å². The summed E-state index contributed by atoms with van der Waals surface area (Å²) in [5.74, 6) is -0.477. The molecule has 2 aromatic rings. The lowest BCUT2D eigenvalue weighted by Gasteiger charge is -2.25. The normalized spacial score (nSPS) is 25.4. The summed E-state index contributed by atoms with van der Waals surface area (Å²) in [6.07, 6.45) is 2.52. The highest BCUT2D eigenvalue weighted by atomic mass is 16.5. The van der Waals surface area contributed by atoms with Gasteiger partial charge in [-0.1, -0.05) is 6.92 Å². The van der Waals surface area contributed by atoms with E-state index in [1.165, 1.54) is 4.90 Å². The maximum Gasteiger partial charge on any atom is 0.316 e. The zero-order valence-corrected chi connectivity index (χ0v) is 21.4. The van der Waals surface area contributed by atoms with E-state index in [-0.39, 0.29) is 42.5 Å². The van der Waals surface area contributed by atoms with Gasteiger partial charge in [0.15, 0.2) is 0 Å². The van der Waals surface area contributed by atoms with E-state index >= 15 is 0 Å². The smallest absolute Gasteiger partial charge is 0.316 e. The number of ether oxygens (including phenoxy) is 2. The van der Waals surface area contributed by atoms with Crippen molar-refractivity contribution in [1.82, 2.24) is 0 Å². The molecule has 3 fully saturated rings. The number of hydrogen-bond donors (Lipinski definition) is 0.